The van der Waals surface area contributed by atoms with Gasteiger partial charge in [-0.25, -0.2) is 4.98 Å². The zero-order valence-corrected chi connectivity index (χ0v) is 11.8. The lowest BCUT2D eigenvalue weighted by molar-refractivity contribution is -0.0832. The lowest BCUT2D eigenvalue weighted by Gasteiger charge is -2.37. The molecule has 0 saturated heterocycles. The number of rotatable bonds is 5. The summed E-state index contributed by atoms with van der Waals surface area (Å²) in [5, 5.41) is 3.14. The van der Waals surface area contributed by atoms with Crippen LogP contribution in [0.3, 0.4) is 0 Å². The van der Waals surface area contributed by atoms with Crippen molar-refractivity contribution in [2.75, 3.05) is 13.7 Å². The van der Waals surface area contributed by atoms with Crippen LogP contribution >= 0.6 is 0 Å². The molecule has 4 heteroatoms. The van der Waals surface area contributed by atoms with Gasteiger partial charge in [-0.1, -0.05) is 6.92 Å². The lowest BCUT2D eigenvalue weighted by atomic mass is 9.79. The molecule has 4 nitrogen and oxygen atoms in total. The smallest absolute Gasteiger partial charge is 0.138 e. The van der Waals surface area contributed by atoms with Crippen LogP contribution in [0.5, 0.6) is 0 Å². The van der Waals surface area contributed by atoms with E-state index in [0.29, 0.717) is 0 Å². The summed E-state index contributed by atoms with van der Waals surface area (Å²) in [7, 11) is 1.95. The topological polar surface area (TPSA) is 49.9 Å². The van der Waals surface area contributed by atoms with E-state index in [-0.39, 0.29) is 5.60 Å². The third kappa shape index (κ3) is 2.75. The lowest BCUT2D eigenvalue weighted by Crippen LogP contribution is -2.35. The molecule has 0 amide bonds. The molecule has 1 aliphatic rings. The SMILES string of the molecule is CCOC1(c2ncc(CNC)[nH]2)CCC(C)CC1. The first kappa shape index (κ1) is 13.6. The maximum Gasteiger partial charge on any atom is 0.138 e. The predicted molar refractivity (Wildman–Crippen MR) is 72.3 cm³/mol. The molecular formula is C14H25N3O. The second-order valence-corrected chi connectivity index (χ2v) is 5.40. The van der Waals surface area contributed by atoms with Crippen LogP contribution in [0, 0.1) is 5.92 Å². The van der Waals surface area contributed by atoms with E-state index in [2.05, 4.69) is 29.1 Å². The molecule has 0 radical (unpaired) electrons. The van der Waals surface area contributed by atoms with Crippen LogP contribution in [-0.4, -0.2) is 23.6 Å². The van der Waals surface area contributed by atoms with Gasteiger partial charge in [-0.05, 0) is 45.6 Å². The second kappa shape index (κ2) is 5.85. The van der Waals surface area contributed by atoms with E-state index in [1.54, 1.807) is 0 Å². The normalized spacial score (nSPS) is 28.5. The highest BCUT2D eigenvalue weighted by Gasteiger charge is 2.39. The molecule has 2 N–H and O–H groups in total. The fourth-order valence-corrected chi connectivity index (χ4v) is 2.83. The number of H-pyrrole nitrogens is 1. The summed E-state index contributed by atoms with van der Waals surface area (Å²) in [5.41, 5.74) is 0.956. The van der Waals surface area contributed by atoms with Gasteiger partial charge in [0.05, 0.1) is 0 Å². The first-order chi connectivity index (χ1) is 8.70. The van der Waals surface area contributed by atoms with Gasteiger partial charge in [0.15, 0.2) is 0 Å². The quantitative estimate of drug-likeness (QED) is 0.845. The highest BCUT2D eigenvalue weighted by atomic mass is 16.5. The number of nitrogens with zero attached hydrogens (tertiary/aromatic N) is 1. The van der Waals surface area contributed by atoms with Gasteiger partial charge in [0.1, 0.15) is 11.4 Å². The minimum Gasteiger partial charge on any atom is -0.367 e. The van der Waals surface area contributed by atoms with Crippen LogP contribution < -0.4 is 5.32 Å². The standard InChI is InChI=1S/C14H25N3O/c1-4-18-14(7-5-11(2)6-8-14)13-16-10-12(17-13)9-15-3/h10-11,15H,4-9H2,1-3H3,(H,16,17). The van der Waals surface area contributed by atoms with Gasteiger partial charge >= 0.3 is 0 Å². The zero-order chi connectivity index (χ0) is 13.0. The van der Waals surface area contributed by atoms with Crippen molar-refractivity contribution in [3.8, 4) is 0 Å². The van der Waals surface area contributed by atoms with Gasteiger partial charge in [-0.15, -0.1) is 0 Å². The Hall–Kier alpha value is -0.870. The Morgan fingerprint density at radius 3 is 2.83 bits per heavy atom. The maximum absolute atomic E-state index is 6.08. The molecule has 0 aliphatic heterocycles. The minimum atomic E-state index is -0.173. The van der Waals surface area contributed by atoms with Crippen LogP contribution in [0.1, 0.15) is 51.0 Å². The first-order valence-electron chi connectivity index (χ1n) is 7.03. The molecule has 0 aromatic carbocycles. The van der Waals surface area contributed by atoms with Crippen molar-refractivity contribution in [3.63, 3.8) is 0 Å². The average molecular weight is 251 g/mol. The molecule has 1 saturated carbocycles. The van der Waals surface area contributed by atoms with E-state index in [0.717, 1.165) is 43.4 Å². The number of hydrogen-bond donors (Lipinski definition) is 2. The van der Waals surface area contributed by atoms with Gasteiger partial charge in [0.25, 0.3) is 0 Å². The zero-order valence-electron chi connectivity index (χ0n) is 11.8. The molecule has 1 aliphatic carbocycles. The first-order valence-corrected chi connectivity index (χ1v) is 7.03. The van der Waals surface area contributed by atoms with Crippen molar-refractivity contribution in [2.45, 2.75) is 51.7 Å². The molecule has 0 atom stereocenters. The molecule has 1 heterocycles. The molecular weight excluding hydrogens is 226 g/mol. The van der Waals surface area contributed by atoms with Crippen LogP contribution in [0.15, 0.2) is 6.20 Å². The van der Waals surface area contributed by atoms with E-state index in [4.69, 9.17) is 4.74 Å². The van der Waals surface area contributed by atoms with Gasteiger partial charge in [-0.3, -0.25) is 0 Å². The van der Waals surface area contributed by atoms with Crippen molar-refractivity contribution < 1.29 is 4.74 Å². The summed E-state index contributed by atoms with van der Waals surface area (Å²) in [6.45, 7) is 5.96. The molecule has 2 rings (SSSR count). The van der Waals surface area contributed by atoms with Crippen molar-refractivity contribution in [1.82, 2.24) is 15.3 Å². The monoisotopic (exact) mass is 251 g/mol. The Bertz CT molecular complexity index is 367. The van der Waals surface area contributed by atoms with Crippen molar-refractivity contribution in [1.29, 1.82) is 0 Å². The Labute approximate surface area is 110 Å². The Balaban J connectivity index is 2.17. The summed E-state index contributed by atoms with van der Waals surface area (Å²) < 4.78 is 6.08. The number of aromatic nitrogens is 2. The number of hydrogen-bond acceptors (Lipinski definition) is 3. The highest BCUT2D eigenvalue weighted by Crippen LogP contribution is 2.41. The third-order valence-corrected chi connectivity index (χ3v) is 3.93. The van der Waals surface area contributed by atoms with Gasteiger partial charge in [0, 0.05) is 25.0 Å². The molecule has 1 aromatic heterocycles. The summed E-state index contributed by atoms with van der Waals surface area (Å²) >= 11 is 0. The van der Waals surface area contributed by atoms with Gasteiger partial charge in [-0.2, -0.15) is 0 Å². The Kier molecular flexibility index (Phi) is 4.40. The fourth-order valence-electron chi connectivity index (χ4n) is 2.83. The highest BCUT2D eigenvalue weighted by molar-refractivity contribution is 5.10. The molecule has 18 heavy (non-hydrogen) atoms. The van der Waals surface area contributed by atoms with Gasteiger partial charge < -0.3 is 15.0 Å². The largest absolute Gasteiger partial charge is 0.367 e. The van der Waals surface area contributed by atoms with Crippen molar-refractivity contribution >= 4 is 0 Å². The number of imidazole rings is 1. The molecule has 1 aromatic rings. The van der Waals surface area contributed by atoms with E-state index in [1.807, 2.05) is 13.2 Å². The van der Waals surface area contributed by atoms with Crippen LogP contribution in [0.2, 0.25) is 0 Å². The van der Waals surface area contributed by atoms with E-state index in [1.165, 1.54) is 12.8 Å². The van der Waals surface area contributed by atoms with Crippen LogP contribution in [0.4, 0.5) is 0 Å². The Morgan fingerprint density at radius 1 is 1.50 bits per heavy atom. The number of aromatic amines is 1. The fraction of sp³-hybridized carbons (Fsp3) is 0.786. The Morgan fingerprint density at radius 2 is 2.22 bits per heavy atom. The summed E-state index contributed by atoms with van der Waals surface area (Å²) in [4.78, 5) is 7.98. The van der Waals surface area contributed by atoms with Crippen LogP contribution in [0.25, 0.3) is 0 Å². The molecule has 0 bridgehead atoms. The molecule has 0 spiro atoms. The average Bonchev–Trinajstić information content (AvgIpc) is 2.82. The van der Waals surface area contributed by atoms with E-state index >= 15 is 0 Å². The third-order valence-electron chi connectivity index (χ3n) is 3.93. The van der Waals surface area contributed by atoms with E-state index in [9.17, 15) is 0 Å². The molecule has 0 unspecified atom stereocenters. The van der Waals surface area contributed by atoms with Crippen molar-refractivity contribution in [3.05, 3.63) is 17.7 Å². The summed E-state index contributed by atoms with van der Waals surface area (Å²) in [6.07, 6.45) is 6.53. The number of ether oxygens (including phenoxy) is 1. The van der Waals surface area contributed by atoms with Crippen molar-refractivity contribution in [2.24, 2.45) is 5.92 Å². The van der Waals surface area contributed by atoms with E-state index < -0.39 is 0 Å². The molecule has 102 valence electrons. The number of nitrogens with one attached hydrogen (secondary N) is 2. The maximum atomic E-state index is 6.08. The summed E-state index contributed by atoms with van der Waals surface area (Å²) in [6, 6.07) is 0. The van der Waals surface area contributed by atoms with Crippen LogP contribution in [-0.2, 0) is 16.9 Å². The second-order valence-electron chi connectivity index (χ2n) is 5.40. The molecule has 1 fully saturated rings. The summed E-state index contributed by atoms with van der Waals surface area (Å²) in [5.74, 6) is 1.83. The predicted octanol–water partition coefficient (Wildman–Crippen LogP) is 2.57. The minimum absolute atomic E-state index is 0.173. The van der Waals surface area contributed by atoms with Gasteiger partial charge in [0.2, 0.25) is 0 Å².